The fourth-order valence-corrected chi connectivity index (χ4v) is 2.65. The summed E-state index contributed by atoms with van der Waals surface area (Å²) in [5.74, 6) is -0.265. The van der Waals surface area contributed by atoms with Crippen molar-refractivity contribution in [3.63, 3.8) is 0 Å². The molecular weight excluding hydrogens is 248 g/mol. The minimum atomic E-state index is -0.265. The van der Waals surface area contributed by atoms with E-state index in [0.29, 0.717) is 15.4 Å². The molecule has 98 valence electrons. The molecule has 1 rings (SSSR count). The highest BCUT2D eigenvalue weighted by molar-refractivity contribution is 7.17. The van der Waals surface area contributed by atoms with Gasteiger partial charge in [0.1, 0.15) is 15.9 Å². The molecule has 1 heterocycles. The molecule has 0 aliphatic heterocycles. The number of nitrogen functional groups attached to an aromatic ring is 1. The molecule has 0 spiro atoms. The molecular formula is C12H18N4OS. The Bertz CT molecular complexity index is 471. The third kappa shape index (κ3) is 2.74. The number of rotatable bonds is 5. The second-order valence-corrected chi connectivity index (χ2v) is 4.92. The van der Waals surface area contributed by atoms with Crippen molar-refractivity contribution >= 4 is 27.9 Å². The summed E-state index contributed by atoms with van der Waals surface area (Å²) >= 11 is 1.23. The van der Waals surface area contributed by atoms with Crippen molar-refractivity contribution < 1.29 is 4.79 Å². The lowest BCUT2D eigenvalue weighted by atomic mass is 10.1. The molecule has 0 aliphatic carbocycles. The molecule has 6 heteroatoms. The average molecular weight is 266 g/mol. The van der Waals surface area contributed by atoms with Crippen LogP contribution in [0.15, 0.2) is 0 Å². The van der Waals surface area contributed by atoms with Crippen LogP contribution in [-0.2, 0) is 0 Å². The quantitative estimate of drug-likeness (QED) is 0.761. The highest BCUT2D eigenvalue weighted by Gasteiger charge is 2.22. The first-order chi connectivity index (χ1) is 8.58. The zero-order valence-corrected chi connectivity index (χ0v) is 11.6. The van der Waals surface area contributed by atoms with Gasteiger partial charge in [0.05, 0.1) is 11.3 Å². The van der Waals surface area contributed by atoms with Gasteiger partial charge in [-0.1, -0.05) is 13.8 Å². The van der Waals surface area contributed by atoms with E-state index in [1.165, 1.54) is 11.3 Å². The van der Waals surface area contributed by atoms with Gasteiger partial charge < -0.3 is 16.4 Å². The van der Waals surface area contributed by atoms with Crippen LogP contribution in [0.2, 0.25) is 0 Å². The maximum Gasteiger partial charge on any atom is 0.256 e. The van der Waals surface area contributed by atoms with E-state index in [1.54, 1.807) is 7.05 Å². The number of nitrogens with one attached hydrogen (secondary N) is 2. The highest BCUT2D eigenvalue weighted by Crippen LogP contribution is 2.35. The normalized spacial score (nSPS) is 10.2. The maximum absolute atomic E-state index is 11.8. The van der Waals surface area contributed by atoms with Gasteiger partial charge in [-0.25, -0.2) is 0 Å². The van der Waals surface area contributed by atoms with Gasteiger partial charge in [-0.05, 0) is 12.8 Å². The number of thiophene rings is 1. The lowest BCUT2D eigenvalue weighted by molar-refractivity contribution is 0.0965. The first kappa shape index (κ1) is 14.3. The Hall–Kier alpha value is -1.74. The van der Waals surface area contributed by atoms with Gasteiger partial charge in [0.2, 0.25) is 0 Å². The minimum absolute atomic E-state index is 0.260. The van der Waals surface area contributed by atoms with Crippen LogP contribution in [0.4, 0.5) is 10.7 Å². The van der Waals surface area contributed by atoms with Crippen LogP contribution in [0.1, 0.15) is 41.9 Å². The summed E-state index contributed by atoms with van der Waals surface area (Å²) in [7, 11) is 1.55. The summed E-state index contributed by atoms with van der Waals surface area (Å²) in [5.41, 5.74) is 6.48. The largest absolute Gasteiger partial charge is 0.396 e. The van der Waals surface area contributed by atoms with Crippen LogP contribution < -0.4 is 16.4 Å². The molecule has 0 unspecified atom stereocenters. The summed E-state index contributed by atoms with van der Waals surface area (Å²) in [6, 6.07) is 2.29. The third-order valence-corrected chi connectivity index (χ3v) is 3.86. The number of hydrogen-bond acceptors (Lipinski definition) is 5. The number of nitrogens with zero attached hydrogens (tertiary/aromatic N) is 1. The lowest BCUT2D eigenvalue weighted by Gasteiger charge is -2.15. The molecule has 1 amide bonds. The number of carbonyl (C=O) groups is 1. The Morgan fingerprint density at radius 3 is 2.56 bits per heavy atom. The van der Waals surface area contributed by atoms with Crippen molar-refractivity contribution in [2.45, 2.75) is 32.7 Å². The Labute approximate surface area is 111 Å². The summed E-state index contributed by atoms with van der Waals surface area (Å²) in [6.07, 6.45) is 1.90. The number of anilines is 2. The molecule has 0 bridgehead atoms. The Morgan fingerprint density at radius 1 is 1.50 bits per heavy atom. The fourth-order valence-electron chi connectivity index (χ4n) is 1.66. The van der Waals surface area contributed by atoms with Crippen molar-refractivity contribution in [2.75, 3.05) is 18.1 Å². The Kier molecular flexibility index (Phi) is 4.98. The van der Waals surface area contributed by atoms with Gasteiger partial charge in [0.25, 0.3) is 5.91 Å². The van der Waals surface area contributed by atoms with Crippen LogP contribution in [0.3, 0.4) is 0 Å². The molecule has 18 heavy (non-hydrogen) atoms. The zero-order chi connectivity index (χ0) is 13.7. The smallest absolute Gasteiger partial charge is 0.256 e. The van der Waals surface area contributed by atoms with E-state index in [9.17, 15) is 4.79 Å². The Balaban J connectivity index is 3.18. The van der Waals surface area contributed by atoms with Crippen molar-refractivity contribution in [1.29, 1.82) is 5.26 Å². The van der Waals surface area contributed by atoms with Crippen LogP contribution >= 0.6 is 11.3 Å². The predicted molar refractivity (Wildman–Crippen MR) is 74.8 cm³/mol. The summed E-state index contributed by atoms with van der Waals surface area (Å²) in [4.78, 5) is 12.2. The molecule has 0 aliphatic rings. The highest BCUT2D eigenvalue weighted by atomic mass is 32.1. The van der Waals surface area contributed by atoms with E-state index in [1.807, 2.05) is 6.07 Å². The van der Waals surface area contributed by atoms with Crippen LogP contribution in [0, 0.1) is 11.3 Å². The minimum Gasteiger partial charge on any atom is -0.396 e. The van der Waals surface area contributed by atoms with E-state index < -0.39 is 0 Å². The summed E-state index contributed by atoms with van der Waals surface area (Å²) < 4.78 is 0. The molecule has 0 atom stereocenters. The molecule has 0 saturated heterocycles. The second-order valence-electron chi connectivity index (χ2n) is 3.90. The van der Waals surface area contributed by atoms with Crippen LogP contribution in [0.5, 0.6) is 0 Å². The number of carbonyl (C=O) groups excluding carboxylic acids is 1. The molecule has 1 aromatic heterocycles. The van der Waals surface area contributed by atoms with Crippen molar-refractivity contribution in [3.05, 3.63) is 10.4 Å². The molecule has 4 N–H and O–H groups in total. The van der Waals surface area contributed by atoms with Crippen LogP contribution in [-0.4, -0.2) is 19.0 Å². The first-order valence-electron chi connectivity index (χ1n) is 5.89. The second kappa shape index (κ2) is 6.26. The van der Waals surface area contributed by atoms with Crippen molar-refractivity contribution in [3.8, 4) is 6.07 Å². The predicted octanol–water partition coefficient (Wildman–Crippen LogP) is 2.16. The average Bonchev–Trinajstić information content (AvgIpc) is 2.71. The van der Waals surface area contributed by atoms with E-state index in [-0.39, 0.29) is 17.6 Å². The van der Waals surface area contributed by atoms with E-state index in [4.69, 9.17) is 11.0 Å². The summed E-state index contributed by atoms with van der Waals surface area (Å²) in [5, 5.41) is 15.5. The van der Waals surface area contributed by atoms with Crippen molar-refractivity contribution in [1.82, 2.24) is 5.32 Å². The van der Waals surface area contributed by atoms with Crippen LogP contribution in [0.25, 0.3) is 0 Å². The molecule has 0 radical (unpaired) electrons. The maximum atomic E-state index is 11.8. The first-order valence-corrected chi connectivity index (χ1v) is 6.71. The number of amides is 1. The van der Waals surface area contributed by atoms with Gasteiger partial charge in [0, 0.05) is 13.1 Å². The molecule has 1 aromatic rings. The van der Waals surface area contributed by atoms with Gasteiger partial charge >= 0.3 is 0 Å². The van der Waals surface area contributed by atoms with Gasteiger partial charge in [-0.3, -0.25) is 4.79 Å². The topological polar surface area (TPSA) is 90.9 Å². The molecule has 0 aromatic carbocycles. The number of nitrogens with two attached hydrogens (primary N) is 1. The Morgan fingerprint density at radius 2 is 2.11 bits per heavy atom. The number of hydrogen-bond donors (Lipinski definition) is 3. The molecule has 5 nitrogen and oxygen atoms in total. The fraction of sp³-hybridized carbons (Fsp3) is 0.500. The van der Waals surface area contributed by atoms with E-state index in [2.05, 4.69) is 24.5 Å². The standard InChI is InChI=1S/C12H18N4OS/c1-4-7(5-2)16-12-9(11(17)15-3)10(14)8(6-13)18-12/h7,16H,4-5,14H2,1-3H3,(H,15,17). The molecule has 0 fully saturated rings. The van der Waals surface area contributed by atoms with Gasteiger partial charge in [-0.2, -0.15) is 5.26 Å². The third-order valence-electron chi connectivity index (χ3n) is 2.82. The SMILES string of the molecule is CCC(CC)Nc1sc(C#N)c(N)c1C(=O)NC. The lowest BCUT2D eigenvalue weighted by Crippen LogP contribution is -2.22. The van der Waals surface area contributed by atoms with Crippen molar-refractivity contribution in [2.24, 2.45) is 0 Å². The number of nitriles is 1. The van der Waals surface area contributed by atoms with E-state index >= 15 is 0 Å². The summed E-state index contributed by atoms with van der Waals surface area (Å²) in [6.45, 7) is 4.14. The monoisotopic (exact) mass is 266 g/mol. The molecule has 0 saturated carbocycles. The van der Waals surface area contributed by atoms with Gasteiger partial charge in [0.15, 0.2) is 0 Å². The van der Waals surface area contributed by atoms with Gasteiger partial charge in [-0.15, -0.1) is 11.3 Å². The van der Waals surface area contributed by atoms with E-state index in [0.717, 1.165) is 12.8 Å². The zero-order valence-electron chi connectivity index (χ0n) is 10.8.